The lowest BCUT2D eigenvalue weighted by atomic mass is 10.2. The molecule has 1 aromatic rings. The number of nitrogens with zero attached hydrogens (tertiary/aromatic N) is 3. The van der Waals surface area contributed by atoms with E-state index in [1.54, 1.807) is 0 Å². The van der Waals surface area contributed by atoms with Crippen molar-refractivity contribution < 1.29 is 0 Å². The van der Waals surface area contributed by atoms with E-state index in [-0.39, 0.29) is 0 Å². The van der Waals surface area contributed by atoms with E-state index in [4.69, 9.17) is 11.6 Å². The van der Waals surface area contributed by atoms with E-state index in [9.17, 15) is 0 Å². The van der Waals surface area contributed by atoms with Gasteiger partial charge in [0.1, 0.15) is 0 Å². The number of aromatic nitrogens is 2. The molecular formula is C13H24ClN3. The van der Waals surface area contributed by atoms with Gasteiger partial charge in [-0.05, 0) is 25.5 Å². The lowest BCUT2D eigenvalue weighted by molar-refractivity contribution is 0.269. The van der Waals surface area contributed by atoms with Gasteiger partial charge in [0.15, 0.2) is 0 Å². The summed E-state index contributed by atoms with van der Waals surface area (Å²) in [5.41, 5.74) is 2.45. The molecule has 0 aliphatic rings. The van der Waals surface area contributed by atoms with Gasteiger partial charge in [0, 0.05) is 26.0 Å². The average Bonchev–Trinajstić information content (AvgIpc) is 2.67. The van der Waals surface area contributed by atoms with Crippen LogP contribution in [0.4, 0.5) is 0 Å². The quantitative estimate of drug-likeness (QED) is 0.668. The van der Waals surface area contributed by atoms with Crippen LogP contribution in [-0.4, -0.2) is 33.6 Å². The number of halogens is 1. The molecule has 0 aromatic carbocycles. The maximum absolute atomic E-state index is 5.85. The molecule has 0 aliphatic carbocycles. The molecule has 0 bridgehead atoms. The van der Waals surface area contributed by atoms with Gasteiger partial charge in [-0.1, -0.05) is 20.3 Å². The summed E-state index contributed by atoms with van der Waals surface area (Å²) in [7, 11) is 2.02. The second kappa shape index (κ2) is 7.72. The first-order valence-electron chi connectivity index (χ1n) is 6.51. The van der Waals surface area contributed by atoms with Gasteiger partial charge < -0.3 is 0 Å². The lowest BCUT2D eigenvalue weighted by Crippen LogP contribution is -2.27. The van der Waals surface area contributed by atoms with Crippen molar-refractivity contribution in [2.45, 2.75) is 39.7 Å². The van der Waals surface area contributed by atoms with E-state index in [1.807, 2.05) is 11.7 Å². The van der Waals surface area contributed by atoms with Crippen molar-refractivity contribution in [3.8, 4) is 0 Å². The highest BCUT2D eigenvalue weighted by atomic mass is 35.5. The van der Waals surface area contributed by atoms with Gasteiger partial charge in [0.2, 0.25) is 0 Å². The molecule has 4 heteroatoms. The summed E-state index contributed by atoms with van der Waals surface area (Å²) in [5, 5.41) is 4.48. The monoisotopic (exact) mass is 257 g/mol. The minimum atomic E-state index is 0.697. The van der Waals surface area contributed by atoms with Crippen LogP contribution < -0.4 is 0 Å². The van der Waals surface area contributed by atoms with Gasteiger partial charge in [-0.15, -0.1) is 11.6 Å². The SMILES string of the molecule is CCCCN(CCCl)Cc1cc(CC)nn1C. The van der Waals surface area contributed by atoms with Gasteiger partial charge in [0.05, 0.1) is 11.4 Å². The molecule has 0 N–H and O–H groups in total. The van der Waals surface area contributed by atoms with Crippen molar-refractivity contribution >= 4 is 11.6 Å². The van der Waals surface area contributed by atoms with Crippen molar-refractivity contribution in [1.29, 1.82) is 0 Å². The Morgan fingerprint density at radius 2 is 2.12 bits per heavy atom. The van der Waals surface area contributed by atoms with Crippen LogP contribution in [0.25, 0.3) is 0 Å². The molecule has 1 heterocycles. The summed E-state index contributed by atoms with van der Waals surface area (Å²) in [5.74, 6) is 0.697. The molecule has 0 amide bonds. The second-order valence-electron chi connectivity index (χ2n) is 4.42. The molecule has 0 saturated heterocycles. The molecule has 0 fully saturated rings. The number of aryl methyl sites for hydroxylation is 2. The molecule has 0 aliphatic heterocycles. The molecule has 1 rings (SSSR count). The van der Waals surface area contributed by atoms with E-state index in [1.165, 1.54) is 24.2 Å². The fourth-order valence-electron chi connectivity index (χ4n) is 1.89. The van der Waals surface area contributed by atoms with Crippen molar-refractivity contribution in [3.05, 3.63) is 17.5 Å². The Morgan fingerprint density at radius 3 is 2.65 bits per heavy atom. The topological polar surface area (TPSA) is 21.1 Å². The van der Waals surface area contributed by atoms with E-state index in [0.717, 1.165) is 26.1 Å². The first-order valence-corrected chi connectivity index (χ1v) is 7.04. The molecule has 0 unspecified atom stereocenters. The van der Waals surface area contributed by atoms with Crippen molar-refractivity contribution in [2.75, 3.05) is 19.0 Å². The predicted octanol–water partition coefficient (Wildman–Crippen LogP) is 2.82. The van der Waals surface area contributed by atoms with Crippen LogP contribution in [0, 0.1) is 0 Å². The summed E-state index contributed by atoms with van der Waals surface area (Å²) < 4.78 is 1.99. The van der Waals surface area contributed by atoms with Gasteiger partial charge in [0.25, 0.3) is 0 Å². The Kier molecular flexibility index (Phi) is 6.60. The standard InChI is InChI=1S/C13H24ClN3/c1-4-6-8-17(9-7-14)11-13-10-12(5-2)15-16(13)3/h10H,4-9,11H2,1-3H3. The van der Waals surface area contributed by atoms with E-state index < -0.39 is 0 Å². The maximum atomic E-state index is 5.85. The van der Waals surface area contributed by atoms with Gasteiger partial charge in [-0.3, -0.25) is 9.58 Å². The van der Waals surface area contributed by atoms with Gasteiger partial charge in [-0.25, -0.2) is 0 Å². The highest BCUT2D eigenvalue weighted by Gasteiger charge is 2.09. The Bertz CT molecular complexity index is 322. The van der Waals surface area contributed by atoms with E-state index in [0.29, 0.717) is 5.88 Å². The fourth-order valence-corrected chi connectivity index (χ4v) is 2.13. The summed E-state index contributed by atoms with van der Waals surface area (Å²) in [6, 6.07) is 2.20. The van der Waals surface area contributed by atoms with Crippen molar-refractivity contribution in [2.24, 2.45) is 7.05 Å². The Labute approximate surface area is 110 Å². The molecule has 17 heavy (non-hydrogen) atoms. The minimum Gasteiger partial charge on any atom is -0.296 e. The fraction of sp³-hybridized carbons (Fsp3) is 0.769. The zero-order valence-corrected chi connectivity index (χ0v) is 12.0. The van der Waals surface area contributed by atoms with Crippen LogP contribution in [0.15, 0.2) is 6.07 Å². The number of unbranched alkanes of at least 4 members (excludes halogenated alkanes) is 1. The van der Waals surface area contributed by atoms with Crippen LogP contribution >= 0.6 is 11.6 Å². The second-order valence-corrected chi connectivity index (χ2v) is 4.80. The highest BCUT2D eigenvalue weighted by molar-refractivity contribution is 6.18. The maximum Gasteiger partial charge on any atom is 0.0625 e. The largest absolute Gasteiger partial charge is 0.296 e. The summed E-state index contributed by atoms with van der Waals surface area (Å²) in [6.07, 6.45) is 3.46. The minimum absolute atomic E-state index is 0.697. The molecule has 0 saturated carbocycles. The molecule has 3 nitrogen and oxygen atoms in total. The van der Waals surface area contributed by atoms with Crippen molar-refractivity contribution in [1.82, 2.24) is 14.7 Å². The number of alkyl halides is 1. The molecule has 0 radical (unpaired) electrons. The number of hydrogen-bond donors (Lipinski definition) is 0. The summed E-state index contributed by atoms with van der Waals surface area (Å²) in [6.45, 7) is 7.39. The third-order valence-electron chi connectivity index (χ3n) is 3.00. The van der Waals surface area contributed by atoms with Gasteiger partial charge >= 0.3 is 0 Å². The average molecular weight is 258 g/mol. The van der Waals surface area contributed by atoms with Gasteiger partial charge in [-0.2, -0.15) is 5.10 Å². The molecule has 98 valence electrons. The smallest absolute Gasteiger partial charge is 0.0625 e. The molecular weight excluding hydrogens is 234 g/mol. The van der Waals surface area contributed by atoms with Crippen LogP contribution in [0.5, 0.6) is 0 Å². The third-order valence-corrected chi connectivity index (χ3v) is 3.17. The zero-order valence-electron chi connectivity index (χ0n) is 11.2. The van der Waals surface area contributed by atoms with Crippen LogP contribution in [0.1, 0.15) is 38.1 Å². The van der Waals surface area contributed by atoms with Crippen molar-refractivity contribution in [3.63, 3.8) is 0 Å². The first kappa shape index (κ1) is 14.5. The zero-order chi connectivity index (χ0) is 12.7. The lowest BCUT2D eigenvalue weighted by Gasteiger charge is -2.20. The first-order chi connectivity index (χ1) is 8.21. The molecule has 0 spiro atoms. The van der Waals surface area contributed by atoms with Crippen LogP contribution in [0.2, 0.25) is 0 Å². The number of hydrogen-bond acceptors (Lipinski definition) is 2. The Morgan fingerprint density at radius 1 is 1.35 bits per heavy atom. The summed E-state index contributed by atoms with van der Waals surface area (Å²) in [4.78, 5) is 2.41. The third kappa shape index (κ3) is 4.68. The van der Waals surface area contributed by atoms with Crippen LogP contribution in [0.3, 0.4) is 0 Å². The van der Waals surface area contributed by atoms with Crippen LogP contribution in [-0.2, 0) is 20.0 Å². The Hall–Kier alpha value is -0.540. The predicted molar refractivity (Wildman–Crippen MR) is 73.5 cm³/mol. The van der Waals surface area contributed by atoms with E-state index in [2.05, 4.69) is 29.9 Å². The normalized spacial score (nSPS) is 11.4. The highest BCUT2D eigenvalue weighted by Crippen LogP contribution is 2.08. The van der Waals surface area contributed by atoms with E-state index >= 15 is 0 Å². The number of rotatable bonds is 8. The molecule has 0 atom stereocenters. The Balaban J connectivity index is 2.60. The molecule has 1 aromatic heterocycles. The summed E-state index contributed by atoms with van der Waals surface area (Å²) >= 11 is 5.85.